The van der Waals surface area contributed by atoms with Gasteiger partial charge in [0.1, 0.15) is 12.4 Å². The van der Waals surface area contributed by atoms with E-state index >= 15 is 0 Å². The van der Waals surface area contributed by atoms with Gasteiger partial charge in [0.25, 0.3) is 5.91 Å². The summed E-state index contributed by atoms with van der Waals surface area (Å²) in [7, 11) is 0. The Bertz CT molecular complexity index is 772. The van der Waals surface area contributed by atoms with Crippen molar-refractivity contribution in [3.05, 3.63) is 70.8 Å². The third-order valence-electron chi connectivity index (χ3n) is 3.44. The molecule has 1 N–H and O–H groups in total. The monoisotopic (exact) mass is 373 g/mol. The normalized spacial score (nSPS) is 10.5. The van der Waals surface area contributed by atoms with Gasteiger partial charge in [0.15, 0.2) is 6.61 Å². The highest BCUT2D eigenvalue weighted by Gasteiger charge is 2.05. The number of rotatable bonds is 8. The largest absolute Gasteiger partial charge is 0.492 e. The van der Waals surface area contributed by atoms with Crippen molar-refractivity contribution in [1.82, 2.24) is 5.32 Å². The van der Waals surface area contributed by atoms with Crippen molar-refractivity contribution in [2.24, 2.45) is 0 Å². The second kappa shape index (κ2) is 10.3. The second-order valence-corrected chi connectivity index (χ2v) is 5.89. The number of amides is 1. The molecule has 6 heteroatoms. The van der Waals surface area contributed by atoms with Gasteiger partial charge in [-0.15, -0.1) is 0 Å². The van der Waals surface area contributed by atoms with Crippen LogP contribution >= 0.6 is 11.6 Å². The minimum atomic E-state index is -0.569. The Labute approximate surface area is 157 Å². The molecule has 0 radical (unpaired) electrons. The number of esters is 1. The van der Waals surface area contributed by atoms with E-state index in [9.17, 15) is 9.59 Å². The highest BCUT2D eigenvalue weighted by molar-refractivity contribution is 6.30. The lowest BCUT2D eigenvalue weighted by molar-refractivity contribution is -0.143. The first-order valence-corrected chi connectivity index (χ1v) is 8.48. The van der Waals surface area contributed by atoms with Crippen LogP contribution in [0.3, 0.4) is 0 Å². The van der Waals surface area contributed by atoms with Gasteiger partial charge in [0.05, 0.1) is 6.54 Å². The topological polar surface area (TPSA) is 64.6 Å². The summed E-state index contributed by atoms with van der Waals surface area (Å²) in [4.78, 5) is 23.3. The fourth-order valence-electron chi connectivity index (χ4n) is 2.06. The fraction of sp³-hybridized carbons (Fsp3) is 0.200. The Balaban J connectivity index is 1.62. The van der Waals surface area contributed by atoms with E-state index in [1.807, 2.05) is 31.2 Å². The predicted octanol–water partition coefficient (Wildman–Crippen LogP) is 3.40. The van der Waals surface area contributed by atoms with Crippen molar-refractivity contribution in [2.45, 2.75) is 6.92 Å². The molecule has 0 fully saturated rings. The Morgan fingerprint density at radius 3 is 2.58 bits per heavy atom. The second-order valence-electron chi connectivity index (χ2n) is 5.45. The molecule has 1 amide bonds. The van der Waals surface area contributed by atoms with Crippen LogP contribution in [0.5, 0.6) is 5.75 Å². The van der Waals surface area contributed by atoms with Crippen molar-refractivity contribution in [3.8, 4) is 5.75 Å². The van der Waals surface area contributed by atoms with Crippen LogP contribution in [0.1, 0.15) is 11.1 Å². The molecule has 0 atom stereocenters. The lowest BCUT2D eigenvalue weighted by Crippen LogP contribution is -2.31. The quantitative estimate of drug-likeness (QED) is 0.437. The Hall–Kier alpha value is -2.79. The van der Waals surface area contributed by atoms with E-state index in [1.165, 1.54) is 6.08 Å². The van der Waals surface area contributed by atoms with Crippen LogP contribution < -0.4 is 10.1 Å². The van der Waals surface area contributed by atoms with Crippen LogP contribution in [0.25, 0.3) is 6.08 Å². The fourth-order valence-corrected chi connectivity index (χ4v) is 2.18. The number of carbonyl (C=O) groups is 2. The van der Waals surface area contributed by atoms with Crippen molar-refractivity contribution in [1.29, 1.82) is 0 Å². The summed E-state index contributed by atoms with van der Waals surface area (Å²) in [6.07, 6.45) is 2.97. The smallest absolute Gasteiger partial charge is 0.331 e. The van der Waals surface area contributed by atoms with Gasteiger partial charge < -0.3 is 14.8 Å². The van der Waals surface area contributed by atoms with Gasteiger partial charge in [-0.3, -0.25) is 4.79 Å². The van der Waals surface area contributed by atoms with Gasteiger partial charge in [0, 0.05) is 11.1 Å². The van der Waals surface area contributed by atoms with E-state index in [0.29, 0.717) is 23.9 Å². The van der Waals surface area contributed by atoms with Crippen LogP contribution in [0.2, 0.25) is 5.02 Å². The van der Waals surface area contributed by atoms with E-state index in [1.54, 1.807) is 30.3 Å². The first-order chi connectivity index (χ1) is 12.5. The molecule has 0 aliphatic heterocycles. The Morgan fingerprint density at radius 2 is 1.85 bits per heavy atom. The third-order valence-corrected chi connectivity index (χ3v) is 3.69. The average Bonchev–Trinajstić information content (AvgIpc) is 2.64. The molecule has 0 aromatic heterocycles. The molecule has 0 heterocycles. The zero-order chi connectivity index (χ0) is 18.8. The lowest BCUT2D eigenvalue weighted by Gasteiger charge is -2.08. The maximum absolute atomic E-state index is 11.7. The molecule has 26 heavy (non-hydrogen) atoms. The summed E-state index contributed by atoms with van der Waals surface area (Å²) >= 11 is 5.78. The summed E-state index contributed by atoms with van der Waals surface area (Å²) in [6.45, 7) is 2.22. The standard InChI is InChI=1S/C20H20ClNO4/c1-15-4-2-3-5-16(15)6-11-20(24)26-14-19(23)22-12-13-25-18-9-7-17(21)8-10-18/h2-11H,12-14H2,1H3,(H,22,23)/b11-6+. The summed E-state index contributed by atoms with van der Waals surface area (Å²) in [5.74, 6) is -0.292. The maximum Gasteiger partial charge on any atom is 0.331 e. The maximum atomic E-state index is 11.7. The van der Waals surface area contributed by atoms with Gasteiger partial charge in [-0.25, -0.2) is 4.79 Å². The molecule has 5 nitrogen and oxygen atoms in total. The highest BCUT2D eigenvalue weighted by atomic mass is 35.5. The predicted molar refractivity (Wildman–Crippen MR) is 101 cm³/mol. The highest BCUT2D eigenvalue weighted by Crippen LogP contribution is 2.15. The first-order valence-electron chi connectivity index (χ1n) is 8.10. The number of halogens is 1. The van der Waals surface area contributed by atoms with Crippen LogP contribution in [0.4, 0.5) is 0 Å². The van der Waals surface area contributed by atoms with E-state index < -0.39 is 5.97 Å². The zero-order valence-corrected chi connectivity index (χ0v) is 15.2. The van der Waals surface area contributed by atoms with Gasteiger partial charge in [0.2, 0.25) is 0 Å². The molecule has 2 aromatic rings. The van der Waals surface area contributed by atoms with Crippen LogP contribution in [-0.4, -0.2) is 31.6 Å². The van der Waals surface area contributed by atoms with E-state index in [2.05, 4.69) is 5.32 Å². The first kappa shape index (κ1) is 19.5. The van der Waals surface area contributed by atoms with Gasteiger partial charge >= 0.3 is 5.97 Å². The number of benzene rings is 2. The molecule has 0 aliphatic carbocycles. The number of hydrogen-bond acceptors (Lipinski definition) is 4. The van der Waals surface area contributed by atoms with E-state index in [-0.39, 0.29) is 12.5 Å². The minimum absolute atomic E-state index is 0.300. The van der Waals surface area contributed by atoms with E-state index in [4.69, 9.17) is 21.1 Å². The molecule has 0 saturated carbocycles. The molecule has 0 aliphatic rings. The SMILES string of the molecule is Cc1ccccc1/C=C/C(=O)OCC(=O)NCCOc1ccc(Cl)cc1. The number of nitrogens with one attached hydrogen (secondary N) is 1. The molecular formula is C20H20ClNO4. The number of hydrogen-bond donors (Lipinski definition) is 1. The van der Waals surface area contributed by atoms with Crippen molar-refractivity contribution < 1.29 is 19.1 Å². The molecule has 2 aromatic carbocycles. The summed E-state index contributed by atoms with van der Waals surface area (Å²) < 4.78 is 10.3. The lowest BCUT2D eigenvalue weighted by atomic mass is 10.1. The number of carbonyl (C=O) groups excluding carboxylic acids is 2. The van der Waals surface area contributed by atoms with Crippen molar-refractivity contribution in [3.63, 3.8) is 0 Å². The van der Waals surface area contributed by atoms with Crippen molar-refractivity contribution in [2.75, 3.05) is 19.8 Å². The summed E-state index contributed by atoms with van der Waals surface area (Å²) in [6, 6.07) is 14.6. The van der Waals surface area contributed by atoms with Gasteiger partial charge in [-0.05, 0) is 48.4 Å². The molecule has 2 rings (SSSR count). The van der Waals surface area contributed by atoms with Crippen molar-refractivity contribution >= 4 is 29.6 Å². The number of aryl methyl sites for hydroxylation is 1. The third kappa shape index (κ3) is 6.99. The summed E-state index contributed by atoms with van der Waals surface area (Å²) in [5.41, 5.74) is 1.98. The van der Waals surface area contributed by atoms with Crippen LogP contribution in [-0.2, 0) is 14.3 Å². The minimum Gasteiger partial charge on any atom is -0.492 e. The van der Waals surface area contributed by atoms with Gasteiger partial charge in [-0.2, -0.15) is 0 Å². The van der Waals surface area contributed by atoms with Crippen LogP contribution in [0.15, 0.2) is 54.6 Å². The molecule has 0 saturated heterocycles. The zero-order valence-electron chi connectivity index (χ0n) is 14.4. The summed E-state index contributed by atoms with van der Waals surface area (Å²) in [5, 5.41) is 3.24. The molecule has 0 bridgehead atoms. The Kier molecular flexibility index (Phi) is 7.71. The average molecular weight is 374 g/mol. The molecule has 0 unspecified atom stereocenters. The molecule has 136 valence electrons. The Morgan fingerprint density at radius 1 is 1.12 bits per heavy atom. The molecular weight excluding hydrogens is 354 g/mol. The van der Waals surface area contributed by atoms with Crippen LogP contribution in [0, 0.1) is 6.92 Å². The van der Waals surface area contributed by atoms with Gasteiger partial charge in [-0.1, -0.05) is 35.9 Å². The molecule has 0 spiro atoms. The number of ether oxygens (including phenoxy) is 2. The van der Waals surface area contributed by atoms with E-state index in [0.717, 1.165) is 11.1 Å².